The van der Waals surface area contributed by atoms with Crippen LogP contribution in [-0.2, 0) is 11.3 Å². The van der Waals surface area contributed by atoms with Crippen molar-refractivity contribution in [3.8, 4) is 17.4 Å². The number of rotatable bonds is 5. The van der Waals surface area contributed by atoms with E-state index in [9.17, 15) is 4.79 Å². The summed E-state index contributed by atoms with van der Waals surface area (Å²) < 4.78 is 22.2. The fourth-order valence-corrected chi connectivity index (χ4v) is 4.16. The number of benzene rings is 1. The molecule has 4 heterocycles. The largest absolute Gasteiger partial charge is 0.474 e. The van der Waals surface area contributed by atoms with Crippen LogP contribution in [0.15, 0.2) is 36.5 Å². The molecule has 0 saturated carbocycles. The Hall–Kier alpha value is -2.84. The second-order valence-electron chi connectivity index (χ2n) is 8.07. The molecule has 31 heavy (non-hydrogen) atoms. The molecule has 164 valence electrons. The maximum atomic E-state index is 13.0. The summed E-state index contributed by atoms with van der Waals surface area (Å²) in [6.07, 6.45) is 3.46. The molecule has 0 spiro atoms. The Balaban J connectivity index is 1.15. The summed E-state index contributed by atoms with van der Waals surface area (Å²) in [5.41, 5.74) is 1.81. The van der Waals surface area contributed by atoms with E-state index in [0.29, 0.717) is 37.7 Å². The topological polar surface area (TPSA) is 73.4 Å². The predicted molar refractivity (Wildman–Crippen MR) is 112 cm³/mol. The molecule has 2 saturated heterocycles. The van der Waals surface area contributed by atoms with Gasteiger partial charge in [0, 0.05) is 63.4 Å². The number of fused-ring (bicyclic) bond motifs is 1. The first-order valence-corrected chi connectivity index (χ1v) is 10.9. The van der Waals surface area contributed by atoms with E-state index in [-0.39, 0.29) is 18.8 Å². The Morgan fingerprint density at radius 1 is 1.03 bits per heavy atom. The van der Waals surface area contributed by atoms with Gasteiger partial charge >= 0.3 is 0 Å². The lowest BCUT2D eigenvalue weighted by Crippen LogP contribution is -2.48. The summed E-state index contributed by atoms with van der Waals surface area (Å²) in [4.78, 5) is 21.6. The molecule has 0 radical (unpaired) electrons. The normalized spacial score (nSPS) is 19.4. The van der Waals surface area contributed by atoms with Gasteiger partial charge in [0.15, 0.2) is 11.5 Å². The van der Waals surface area contributed by atoms with Gasteiger partial charge in [-0.1, -0.05) is 6.07 Å². The van der Waals surface area contributed by atoms with Crippen molar-refractivity contribution in [2.24, 2.45) is 0 Å². The molecule has 1 aromatic heterocycles. The molecular weight excluding hydrogens is 398 g/mol. The Morgan fingerprint density at radius 2 is 1.84 bits per heavy atom. The van der Waals surface area contributed by atoms with Crippen LogP contribution in [0, 0.1) is 0 Å². The minimum atomic E-state index is 0.0296. The molecule has 5 rings (SSSR count). The van der Waals surface area contributed by atoms with Crippen LogP contribution in [0.2, 0.25) is 0 Å². The number of hydrogen-bond acceptors (Lipinski definition) is 7. The lowest BCUT2D eigenvalue weighted by atomic mass is 10.1. The Morgan fingerprint density at radius 3 is 2.68 bits per heavy atom. The quantitative estimate of drug-likeness (QED) is 0.728. The van der Waals surface area contributed by atoms with Crippen LogP contribution in [0.1, 0.15) is 28.8 Å². The molecule has 0 aliphatic carbocycles. The van der Waals surface area contributed by atoms with Crippen molar-refractivity contribution >= 4 is 5.91 Å². The summed E-state index contributed by atoms with van der Waals surface area (Å²) in [5, 5.41) is 0. The zero-order valence-electron chi connectivity index (χ0n) is 17.5. The van der Waals surface area contributed by atoms with Gasteiger partial charge in [-0.3, -0.25) is 9.69 Å². The van der Waals surface area contributed by atoms with Gasteiger partial charge in [-0.05, 0) is 23.8 Å². The van der Waals surface area contributed by atoms with Gasteiger partial charge in [-0.2, -0.15) is 0 Å². The highest BCUT2D eigenvalue weighted by molar-refractivity contribution is 5.94. The van der Waals surface area contributed by atoms with Gasteiger partial charge in [0.2, 0.25) is 12.7 Å². The molecule has 0 N–H and O–H groups in total. The molecule has 2 fully saturated rings. The van der Waals surface area contributed by atoms with Crippen LogP contribution >= 0.6 is 0 Å². The number of amides is 1. The zero-order chi connectivity index (χ0) is 21.0. The molecule has 0 atom stereocenters. The average Bonchev–Trinajstić information content (AvgIpc) is 3.28. The molecule has 8 nitrogen and oxygen atoms in total. The number of aromatic nitrogens is 1. The van der Waals surface area contributed by atoms with Crippen LogP contribution in [0.3, 0.4) is 0 Å². The van der Waals surface area contributed by atoms with Crippen LogP contribution in [0.4, 0.5) is 0 Å². The monoisotopic (exact) mass is 425 g/mol. The second-order valence-corrected chi connectivity index (χ2v) is 8.07. The SMILES string of the molecule is O=C(c1ccnc(OC2CCOCC2)c1)N1CCN(Cc2ccc3c(c2)OCO3)CC1. The van der Waals surface area contributed by atoms with Crippen molar-refractivity contribution < 1.29 is 23.7 Å². The number of piperazine rings is 1. The van der Waals surface area contributed by atoms with Gasteiger partial charge < -0.3 is 23.8 Å². The maximum absolute atomic E-state index is 13.0. The van der Waals surface area contributed by atoms with E-state index in [4.69, 9.17) is 18.9 Å². The fraction of sp³-hybridized carbons (Fsp3) is 0.478. The zero-order valence-corrected chi connectivity index (χ0v) is 17.5. The summed E-state index contributed by atoms with van der Waals surface area (Å²) in [6.45, 7) is 5.59. The Labute approximate surface area is 181 Å². The maximum Gasteiger partial charge on any atom is 0.254 e. The second kappa shape index (κ2) is 9.11. The highest BCUT2D eigenvalue weighted by atomic mass is 16.7. The molecule has 1 amide bonds. The fourth-order valence-electron chi connectivity index (χ4n) is 4.16. The van der Waals surface area contributed by atoms with Gasteiger partial charge in [-0.15, -0.1) is 0 Å². The number of carbonyl (C=O) groups excluding carboxylic acids is 1. The van der Waals surface area contributed by atoms with Gasteiger partial charge in [-0.25, -0.2) is 4.98 Å². The number of hydrogen-bond donors (Lipinski definition) is 0. The first-order valence-electron chi connectivity index (χ1n) is 10.9. The van der Waals surface area contributed by atoms with Crippen molar-refractivity contribution in [3.05, 3.63) is 47.7 Å². The van der Waals surface area contributed by atoms with Crippen LogP contribution in [0.25, 0.3) is 0 Å². The van der Waals surface area contributed by atoms with E-state index in [1.165, 1.54) is 5.56 Å². The highest BCUT2D eigenvalue weighted by Crippen LogP contribution is 2.32. The molecule has 0 unspecified atom stereocenters. The third-order valence-corrected chi connectivity index (χ3v) is 5.94. The average molecular weight is 425 g/mol. The number of nitrogens with zero attached hydrogens (tertiary/aromatic N) is 3. The van der Waals surface area contributed by atoms with Gasteiger partial charge in [0.1, 0.15) is 6.10 Å². The first kappa shape index (κ1) is 20.1. The lowest BCUT2D eigenvalue weighted by Gasteiger charge is -2.34. The smallest absolute Gasteiger partial charge is 0.254 e. The van der Waals surface area contributed by atoms with E-state index in [1.54, 1.807) is 18.3 Å². The van der Waals surface area contributed by atoms with Crippen LogP contribution in [-0.4, -0.2) is 73.0 Å². The Kier molecular flexibility index (Phi) is 5.90. The standard InChI is InChI=1S/C23H27N3O5/c27-23(18-3-6-24-22(14-18)31-19-4-11-28-12-5-19)26-9-7-25(8-10-26)15-17-1-2-20-21(13-17)30-16-29-20/h1-3,6,13-14,19H,4-5,7-12,15-16H2. The highest BCUT2D eigenvalue weighted by Gasteiger charge is 2.24. The van der Waals surface area contributed by atoms with Crippen molar-refractivity contribution in [2.45, 2.75) is 25.5 Å². The van der Waals surface area contributed by atoms with E-state index < -0.39 is 0 Å². The minimum Gasteiger partial charge on any atom is -0.474 e. The minimum absolute atomic E-state index is 0.0296. The van der Waals surface area contributed by atoms with Gasteiger partial charge in [0.25, 0.3) is 5.91 Å². The number of ether oxygens (including phenoxy) is 4. The lowest BCUT2D eigenvalue weighted by molar-refractivity contribution is 0.0236. The van der Waals surface area contributed by atoms with E-state index in [1.807, 2.05) is 17.0 Å². The van der Waals surface area contributed by atoms with Crippen molar-refractivity contribution in [2.75, 3.05) is 46.2 Å². The molecule has 2 aromatic rings. The molecule has 3 aliphatic heterocycles. The summed E-state index contributed by atoms with van der Waals surface area (Å²) in [6, 6.07) is 9.59. The van der Waals surface area contributed by atoms with Crippen molar-refractivity contribution in [3.63, 3.8) is 0 Å². The van der Waals surface area contributed by atoms with Crippen LogP contribution in [0.5, 0.6) is 17.4 Å². The molecule has 0 bridgehead atoms. The number of carbonyl (C=O) groups is 1. The molecular formula is C23H27N3O5. The van der Waals surface area contributed by atoms with E-state index in [0.717, 1.165) is 44.0 Å². The summed E-state index contributed by atoms with van der Waals surface area (Å²) >= 11 is 0. The summed E-state index contributed by atoms with van der Waals surface area (Å²) in [5.74, 6) is 2.15. The summed E-state index contributed by atoms with van der Waals surface area (Å²) in [7, 11) is 0. The van der Waals surface area contributed by atoms with Crippen LogP contribution < -0.4 is 14.2 Å². The predicted octanol–water partition coefficient (Wildman–Crippen LogP) is 2.33. The molecule has 3 aliphatic rings. The third-order valence-electron chi connectivity index (χ3n) is 5.94. The van der Waals surface area contributed by atoms with E-state index in [2.05, 4.69) is 16.0 Å². The van der Waals surface area contributed by atoms with E-state index >= 15 is 0 Å². The first-order chi connectivity index (χ1) is 15.2. The number of pyridine rings is 1. The van der Waals surface area contributed by atoms with Crippen molar-refractivity contribution in [1.29, 1.82) is 0 Å². The third kappa shape index (κ3) is 4.75. The van der Waals surface area contributed by atoms with Gasteiger partial charge in [0.05, 0.1) is 13.2 Å². The molecule has 1 aromatic carbocycles. The Bertz CT molecular complexity index is 923. The van der Waals surface area contributed by atoms with Crippen molar-refractivity contribution in [1.82, 2.24) is 14.8 Å². The molecule has 8 heteroatoms.